The van der Waals surface area contributed by atoms with E-state index in [2.05, 4.69) is 23.7 Å². The summed E-state index contributed by atoms with van der Waals surface area (Å²) in [6.07, 6.45) is 1.06. The molecule has 0 radical (unpaired) electrons. The zero-order valence-electron chi connectivity index (χ0n) is 10.2. The van der Waals surface area contributed by atoms with E-state index in [0.29, 0.717) is 6.54 Å². The molecule has 4 heteroatoms. The summed E-state index contributed by atoms with van der Waals surface area (Å²) < 4.78 is 0. The minimum atomic E-state index is 0.150. The lowest BCUT2D eigenvalue weighted by atomic mass is 10.2. The van der Waals surface area contributed by atoms with Gasteiger partial charge < -0.3 is 10.2 Å². The first-order valence-electron chi connectivity index (χ1n) is 5.68. The van der Waals surface area contributed by atoms with Gasteiger partial charge in [0, 0.05) is 25.0 Å². The van der Waals surface area contributed by atoms with Crippen LogP contribution in [0.25, 0.3) is 0 Å². The summed E-state index contributed by atoms with van der Waals surface area (Å²) in [5.41, 5.74) is 1.38. The Bertz CT molecular complexity index is 336. The number of nitrogens with one attached hydrogen (secondary N) is 1. The largest absolute Gasteiger partial charge is 0.345 e. The average molecular weight is 240 g/mol. The third-order valence-electron chi connectivity index (χ3n) is 2.68. The Labute approximate surface area is 101 Å². The Kier molecular flexibility index (Phi) is 5.49. The minimum absolute atomic E-state index is 0.150. The monoisotopic (exact) mass is 240 g/mol. The molecule has 1 aromatic rings. The molecule has 0 unspecified atom stereocenters. The van der Waals surface area contributed by atoms with E-state index in [1.165, 1.54) is 10.4 Å². The first-order chi connectivity index (χ1) is 7.69. The van der Waals surface area contributed by atoms with Gasteiger partial charge in [0.15, 0.2) is 0 Å². The standard InChI is InChI=1S/C12H20N2OS/c1-4-10-6-7-16-11(10)8-13-9-12(15)14(3)5-2/h6-7,13H,4-5,8-9H2,1-3H3. The van der Waals surface area contributed by atoms with Crippen LogP contribution in [0, 0.1) is 0 Å². The number of amides is 1. The van der Waals surface area contributed by atoms with E-state index in [0.717, 1.165) is 19.5 Å². The molecule has 1 amide bonds. The number of carbonyl (C=O) groups is 1. The number of thiophene rings is 1. The number of nitrogens with zero attached hydrogens (tertiary/aromatic N) is 1. The molecular formula is C12H20N2OS. The topological polar surface area (TPSA) is 32.3 Å². The van der Waals surface area contributed by atoms with Gasteiger partial charge in [0.1, 0.15) is 0 Å². The molecule has 1 N–H and O–H groups in total. The van der Waals surface area contributed by atoms with E-state index in [9.17, 15) is 4.79 Å². The van der Waals surface area contributed by atoms with Gasteiger partial charge in [-0.2, -0.15) is 0 Å². The maximum atomic E-state index is 11.5. The molecule has 0 aliphatic rings. The van der Waals surface area contributed by atoms with E-state index >= 15 is 0 Å². The van der Waals surface area contributed by atoms with Crippen LogP contribution in [0.1, 0.15) is 24.3 Å². The van der Waals surface area contributed by atoms with E-state index in [1.807, 2.05) is 14.0 Å². The van der Waals surface area contributed by atoms with Crippen molar-refractivity contribution >= 4 is 17.2 Å². The summed E-state index contributed by atoms with van der Waals surface area (Å²) in [7, 11) is 1.83. The summed E-state index contributed by atoms with van der Waals surface area (Å²) in [6.45, 7) is 6.11. The van der Waals surface area contributed by atoms with Crippen LogP contribution in [-0.4, -0.2) is 30.9 Å². The van der Waals surface area contributed by atoms with Crippen molar-refractivity contribution in [2.45, 2.75) is 26.8 Å². The lowest BCUT2D eigenvalue weighted by Gasteiger charge is -2.14. The second-order valence-corrected chi connectivity index (χ2v) is 4.73. The molecule has 16 heavy (non-hydrogen) atoms. The normalized spacial score (nSPS) is 10.4. The second kappa shape index (κ2) is 6.66. The van der Waals surface area contributed by atoms with Crippen LogP contribution >= 0.6 is 11.3 Å². The molecule has 0 saturated heterocycles. The summed E-state index contributed by atoms with van der Waals surface area (Å²) in [5, 5.41) is 5.30. The predicted octanol–water partition coefficient (Wildman–Crippen LogP) is 1.88. The first kappa shape index (κ1) is 13.2. The maximum Gasteiger partial charge on any atom is 0.236 e. The Hall–Kier alpha value is -0.870. The molecule has 0 saturated carbocycles. The van der Waals surface area contributed by atoms with Crippen LogP contribution in [0.15, 0.2) is 11.4 Å². The number of hydrogen-bond acceptors (Lipinski definition) is 3. The van der Waals surface area contributed by atoms with Gasteiger partial charge in [-0.3, -0.25) is 4.79 Å². The number of aryl methyl sites for hydroxylation is 1. The Balaban J connectivity index is 2.33. The van der Waals surface area contributed by atoms with Crippen LogP contribution < -0.4 is 5.32 Å². The van der Waals surface area contributed by atoms with Gasteiger partial charge in [-0.1, -0.05) is 6.92 Å². The van der Waals surface area contributed by atoms with Gasteiger partial charge in [0.2, 0.25) is 5.91 Å². The molecule has 0 aromatic carbocycles. The second-order valence-electron chi connectivity index (χ2n) is 3.73. The SMILES string of the molecule is CCc1ccsc1CNCC(=O)N(C)CC. The van der Waals surface area contributed by atoms with E-state index < -0.39 is 0 Å². The van der Waals surface area contributed by atoms with Gasteiger partial charge in [-0.05, 0) is 30.4 Å². The quantitative estimate of drug-likeness (QED) is 0.823. The summed E-state index contributed by atoms with van der Waals surface area (Å²) in [5.74, 6) is 0.150. The Morgan fingerprint density at radius 3 is 2.88 bits per heavy atom. The highest BCUT2D eigenvalue weighted by Gasteiger charge is 2.06. The average Bonchev–Trinajstić information content (AvgIpc) is 2.75. The van der Waals surface area contributed by atoms with Crippen molar-refractivity contribution in [2.24, 2.45) is 0 Å². The fourth-order valence-electron chi connectivity index (χ4n) is 1.43. The van der Waals surface area contributed by atoms with Crippen molar-refractivity contribution in [3.05, 3.63) is 21.9 Å². The van der Waals surface area contributed by atoms with E-state index in [1.54, 1.807) is 16.2 Å². The third-order valence-corrected chi connectivity index (χ3v) is 3.64. The van der Waals surface area contributed by atoms with Gasteiger partial charge in [-0.15, -0.1) is 11.3 Å². The van der Waals surface area contributed by atoms with Crippen molar-refractivity contribution in [3.8, 4) is 0 Å². The molecule has 3 nitrogen and oxygen atoms in total. The number of carbonyl (C=O) groups excluding carboxylic acids is 1. The van der Waals surface area contributed by atoms with Gasteiger partial charge in [0.05, 0.1) is 6.54 Å². The van der Waals surface area contributed by atoms with Crippen LogP contribution in [0.4, 0.5) is 0 Å². The Morgan fingerprint density at radius 1 is 1.50 bits per heavy atom. The van der Waals surface area contributed by atoms with Crippen LogP contribution in [0.2, 0.25) is 0 Å². The first-order valence-corrected chi connectivity index (χ1v) is 6.56. The van der Waals surface area contributed by atoms with E-state index in [4.69, 9.17) is 0 Å². The molecule has 1 heterocycles. The van der Waals surface area contributed by atoms with Crippen LogP contribution in [-0.2, 0) is 17.8 Å². The number of rotatable bonds is 6. The number of likely N-dealkylation sites (N-methyl/N-ethyl adjacent to an activating group) is 1. The van der Waals surface area contributed by atoms with E-state index in [-0.39, 0.29) is 5.91 Å². The van der Waals surface area contributed by atoms with Crippen molar-refractivity contribution in [2.75, 3.05) is 20.1 Å². The lowest BCUT2D eigenvalue weighted by molar-refractivity contribution is -0.128. The van der Waals surface area contributed by atoms with Crippen molar-refractivity contribution in [1.82, 2.24) is 10.2 Å². The van der Waals surface area contributed by atoms with Crippen LogP contribution in [0.3, 0.4) is 0 Å². The third kappa shape index (κ3) is 3.61. The highest BCUT2D eigenvalue weighted by molar-refractivity contribution is 7.10. The fourth-order valence-corrected chi connectivity index (χ4v) is 2.38. The zero-order chi connectivity index (χ0) is 12.0. The zero-order valence-corrected chi connectivity index (χ0v) is 11.1. The smallest absolute Gasteiger partial charge is 0.236 e. The predicted molar refractivity (Wildman–Crippen MR) is 68.7 cm³/mol. The molecule has 0 fully saturated rings. The van der Waals surface area contributed by atoms with Crippen molar-refractivity contribution < 1.29 is 4.79 Å². The molecule has 0 bridgehead atoms. The van der Waals surface area contributed by atoms with Crippen molar-refractivity contribution in [3.63, 3.8) is 0 Å². The highest BCUT2D eigenvalue weighted by Crippen LogP contribution is 2.16. The lowest BCUT2D eigenvalue weighted by Crippen LogP contribution is -2.35. The molecule has 0 spiro atoms. The molecule has 0 atom stereocenters. The summed E-state index contributed by atoms with van der Waals surface area (Å²) in [6, 6.07) is 2.15. The maximum absolute atomic E-state index is 11.5. The van der Waals surface area contributed by atoms with Crippen molar-refractivity contribution in [1.29, 1.82) is 0 Å². The summed E-state index contributed by atoms with van der Waals surface area (Å²) >= 11 is 1.75. The molecule has 1 rings (SSSR count). The summed E-state index contributed by atoms with van der Waals surface area (Å²) in [4.78, 5) is 14.6. The highest BCUT2D eigenvalue weighted by atomic mass is 32.1. The molecule has 90 valence electrons. The fraction of sp³-hybridized carbons (Fsp3) is 0.583. The molecule has 0 aliphatic carbocycles. The molecule has 1 aromatic heterocycles. The Morgan fingerprint density at radius 2 is 2.25 bits per heavy atom. The molecule has 0 aliphatic heterocycles. The van der Waals surface area contributed by atoms with Crippen LogP contribution in [0.5, 0.6) is 0 Å². The van der Waals surface area contributed by atoms with Gasteiger partial charge in [0.25, 0.3) is 0 Å². The molecular weight excluding hydrogens is 220 g/mol. The van der Waals surface area contributed by atoms with Gasteiger partial charge >= 0.3 is 0 Å². The van der Waals surface area contributed by atoms with Gasteiger partial charge in [-0.25, -0.2) is 0 Å². The number of hydrogen-bond donors (Lipinski definition) is 1. The minimum Gasteiger partial charge on any atom is -0.345 e.